The van der Waals surface area contributed by atoms with E-state index < -0.39 is 14.9 Å². The molecule has 3 aromatic rings. The molecule has 150 valence electrons. The topological polar surface area (TPSA) is 118 Å². The van der Waals surface area contributed by atoms with E-state index in [0.29, 0.717) is 22.0 Å². The zero-order valence-corrected chi connectivity index (χ0v) is 17.1. The molecule has 0 saturated carbocycles. The predicted octanol–water partition coefficient (Wildman–Crippen LogP) is 3.41. The normalized spacial score (nSPS) is 11.8. The van der Waals surface area contributed by atoms with Crippen molar-refractivity contribution < 1.29 is 13.3 Å². The number of anilines is 1. The smallest absolute Gasteiger partial charge is 0.258 e. The van der Waals surface area contributed by atoms with Crippen LogP contribution in [0.4, 0.5) is 10.8 Å². The molecular weight excluding hydrogens is 414 g/mol. The van der Waals surface area contributed by atoms with Crippen molar-refractivity contribution in [3.63, 3.8) is 0 Å². The van der Waals surface area contributed by atoms with E-state index in [4.69, 9.17) is 0 Å². The Labute approximate surface area is 171 Å². The number of nitro groups is 1. The number of non-ortho nitro benzene ring substituents is 1. The van der Waals surface area contributed by atoms with Gasteiger partial charge in [0.2, 0.25) is 15.2 Å². The molecule has 1 aromatic heterocycles. The van der Waals surface area contributed by atoms with Gasteiger partial charge in [0.15, 0.2) is 0 Å². The Balaban J connectivity index is 1.75. The standard InChI is InChI=1S/C18H17N5O4S2/c1-22(2)29(26,27)16-8-4-6-14(10-16)17-12-28-18(20-17)21-19-11-13-5-3-7-15(9-13)23(24)25/h3-12H,1-2H3,(H,20,21). The summed E-state index contributed by atoms with van der Waals surface area (Å²) in [6.45, 7) is 0. The molecular formula is C18H17N5O4S2. The summed E-state index contributed by atoms with van der Waals surface area (Å²) in [6.07, 6.45) is 1.46. The third-order valence-electron chi connectivity index (χ3n) is 3.87. The molecule has 0 aliphatic rings. The first-order valence-electron chi connectivity index (χ1n) is 8.29. The Morgan fingerprint density at radius 2 is 1.97 bits per heavy atom. The molecule has 29 heavy (non-hydrogen) atoms. The van der Waals surface area contributed by atoms with Crippen LogP contribution in [0.2, 0.25) is 0 Å². The minimum absolute atomic E-state index is 0.0157. The maximum Gasteiger partial charge on any atom is 0.270 e. The van der Waals surface area contributed by atoms with Crippen LogP contribution in [0.5, 0.6) is 0 Å². The maximum atomic E-state index is 12.3. The number of sulfonamides is 1. The first kappa shape index (κ1) is 20.6. The van der Waals surface area contributed by atoms with Crippen molar-refractivity contribution in [1.29, 1.82) is 0 Å². The zero-order chi connectivity index (χ0) is 21.0. The van der Waals surface area contributed by atoms with Crippen LogP contribution in [-0.2, 0) is 10.0 Å². The van der Waals surface area contributed by atoms with Crippen molar-refractivity contribution in [3.05, 3.63) is 69.6 Å². The summed E-state index contributed by atoms with van der Waals surface area (Å²) in [7, 11) is -0.576. The number of aromatic nitrogens is 1. The van der Waals surface area contributed by atoms with Gasteiger partial charge in [-0.2, -0.15) is 5.10 Å². The lowest BCUT2D eigenvalue weighted by Gasteiger charge is -2.11. The molecule has 3 rings (SSSR count). The second-order valence-corrected chi connectivity index (χ2v) is 9.09. The Hall–Kier alpha value is -3.15. The van der Waals surface area contributed by atoms with Gasteiger partial charge in [-0.05, 0) is 12.1 Å². The Bertz CT molecular complexity index is 1170. The SMILES string of the molecule is CN(C)S(=O)(=O)c1cccc(-c2csc(NN=Cc3cccc([N+](=O)[O-])c3)n2)c1. The summed E-state index contributed by atoms with van der Waals surface area (Å²) in [4.78, 5) is 14.9. The molecule has 0 unspecified atom stereocenters. The third kappa shape index (κ3) is 4.83. The molecule has 0 saturated heterocycles. The van der Waals surface area contributed by atoms with E-state index in [1.54, 1.807) is 35.7 Å². The number of nitrogens with zero attached hydrogens (tertiary/aromatic N) is 4. The molecule has 0 aliphatic carbocycles. The van der Waals surface area contributed by atoms with E-state index in [1.165, 1.54) is 49.8 Å². The van der Waals surface area contributed by atoms with Crippen LogP contribution < -0.4 is 5.43 Å². The molecule has 0 aliphatic heterocycles. The predicted molar refractivity (Wildman–Crippen MR) is 113 cm³/mol. The first-order valence-corrected chi connectivity index (χ1v) is 10.6. The third-order valence-corrected chi connectivity index (χ3v) is 6.43. The van der Waals surface area contributed by atoms with Crippen molar-refractivity contribution in [1.82, 2.24) is 9.29 Å². The number of hydrogen-bond acceptors (Lipinski definition) is 8. The number of benzene rings is 2. The van der Waals surface area contributed by atoms with Gasteiger partial charge in [0.1, 0.15) is 0 Å². The second kappa shape index (κ2) is 8.47. The van der Waals surface area contributed by atoms with Crippen molar-refractivity contribution >= 4 is 38.4 Å². The summed E-state index contributed by atoms with van der Waals surface area (Å²) in [5.41, 5.74) is 4.61. The van der Waals surface area contributed by atoms with Gasteiger partial charge < -0.3 is 0 Å². The average molecular weight is 431 g/mol. The first-order chi connectivity index (χ1) is 13.8. The Kier molecular flexibility index (Phi) is 6.01. The van der Waals surface area contributed by atoms with Crippen LogP contribution in [0.1, 0.15) is 5.56 Å². The lowest BCUT2D eigenvalue weighted by Crippen LogP contribution is -2.22. The number of nitrogens with one attached hydrogen (secondary N) is 1. The molecule has 1 N–H and O–H groups in total. The molecule has 9 nitrogen and oxygen atoms in total. The van der Waals surface area contributed by atoms with Gasteiger partial charge in [-0.1, -0.05) is 24.3 Å². The van der Waals surface area contributed by atoms with Gasteiger partial charge in [0.25, 0.3) is 5.69 Å². The minimum Gasteiger partial charge on any atom is -0.258 e. The molecule has 0 fully saturated rings. The van der Waals surface area contributed by atoms with Gasteiger partial charge in [0.05, 0.1) is 21.7 Å². The fraction of sp³-hybridized carbons (Fsp3) is 0.111. The molecule has 0 amide bonds. The highest BCUT2D eigenvalue weighted by molar-refractivity contribution is 7.89. The number of hydrogen-bond donors (Lipinski definition) is 1. The molecule has 0 bridgehead atoms. The molecule has 0 radical (unpaired) electrons. The minimum atomic E-state index is -3.53. The summed E-state index contributed by atoms with van der Waals surface area (Å²) in [5.74, 6) is 0. The molecule has 0 atom stereocenters. The van der Waals surface area contributed by atoms with Gasteiger partial charge in [-0.15, -0.1) is 11.3 Å². The zero-order valence-electron chi connectivity index (χ0n) is 15.5. The quantitative estimate of drug-likeness (QED) is 0.348. The fourth-order valence-corrected chi connectivity index (χ4v) is 3.98. The van der Waals surface area contributed by atoms with Crippen LogP contribution in [0, 0.1) is 10.1 Å². The van der Waals surface area contributed by atoms with Gasteiger partial charge in [-0.3, -0.25) is 15.5 Å². The van der Waals surface area contributed by atoms with Crippen LogP contribution in [0.25, 0.3) is 11.3 Å². The Morgan fingerprint density at radius 3 is 2.69 bits per heavy atom. The molecule has 2 aromatic carbocycles. The summed E-state index contributed by atoms with van der Waals surface area (Å²) >= 11 is 1.30. The van der Waals surface area contributed by atoms with E-state index in [0.717, 1.165) is 4.31 Å². The van der Waals surface area contributed by atoms with Gasteiger partial charge >= 0.3 is 0 Å². The van der Waals surface area contributed by atoms with Crippen LogP contribution in [-0.4, -0.2) is 42.9 Å². The maximum absolute atomic E-state index is 12.3. The molecule has 0 spiro atoms. The second-order valence-electron chi connectivity index (χ2n) is 6.08. The highest BCUT2D eigenvalue weighted by Gasteiger charge is 2.18. The summed E-state index contributed by atoms with van der Waals surface area (Å²) < 4.78 is 25.8. The fourth-order valence-electron chi connectivity index (χ4n) is 2.37. The lowest BCUT2D eigenvalue weighted by molar-refractivity contribution is -0.384. The van der Waals surface area contributed by atoms with E-state index in [1.807, 2.05) is 0 Å². The Morgan fingerprint density at radius 1 is 1.21 bits per heavy atom. The van der Waals surface area contributed by atoms with Crippen LogP contribution >= 0.6 is 11.3 Å². The largest absolute Gasteiger partial charge is 0.270 e. The van der Waals surface area contributed by atoms with E-state index >= 15 is 0 Å². The van der Waals surface area contributed by atoms with Crippen molar-refractivity contribution in [2.45, 2.75) is 4.90 Å². The molecule has 11 heteroatoms. The number of rotatable bonds is 7. The van der Waals surface area contributed by atoms with E-state index in [9.17, 15) is 18.5 Å². The summed E-state index contributed by atoms with van der Waals surface area (Å²) in [6, 6.07) is 12.6. The highest BCUT2D eigenvalue weighted by Crippen LogP contribution is 2.27. The van der Waals surface area contributed by atoms with Gasteiger partial charge in [-0.25, -0.2) is 17.7 Å². The number of nitro benzene ring substituents is 1. The van der Waals surface area contributed by atoms with Crippen molar-refractivity contribution in [2.24, 2.45) is 5.10 Å². The lowest BCUT2D eigenvalue weighted by atomic mass is 10.2. The van der Waals surface area contributed by atoms with Crippen molar-refractivity contribution in [2.75, 3.05) is 19.5 Å². The van der Waals surface area contributed by atoms with E-state index in [2.05, 4.69) is 15.5 Å². The highest BCUT2D eigenvalue weighted by atomic mass is 32.2. The number of hydrazone groups is 1. The monoisotopic (exact) mass is 431 g/mol. The van der Waals surface area contributed by atoms with Crippen molar-refractivity contribution in [3.8, 4) is 11.3 Å². The van der Waals surface area contributed by atoms with Gasteiger partial charge in [0, 0.05) is 42.7 Å². The molecule has 1 heterocycles. The van der Waals surface area contributed by atoms with E-state index in [-0.39, 0.29) is 10.6 Å². The summed E-state index contributed by atoms with van der Waals surface area (Å²) in [5, 5.41) is 17.1. The van der Waals surface area contributed by atoms with Crippen LogP contribution in [0.3, 0.4) is 0 Å². The average Bonchev–Trinajstić information content (AvgIpc) is 3.17. The van der Waals surface area contributed by atoms with Crippen LogP contribution in [0.15, 0.2) is 63.9 Å². The number of thiazole rings is 1.